The number of anilines is 1. The third-order valence-electron chi connectivity index (χ3n) is 4.34. The zero-order chi connectivity index (χ0) is 18.8. The monoisotopic (exact) mass is 425 g/mol. The summed E-state index contributed by atoms with van der Waals surface area (Å²) in [5, 5.41) is 7.75. The lowest BCUT2D eigenvalue weighted by Gasteiger charge is -2.14. The molecule has 2 N–H and O–H groups in total. The molecule has 7 nitrogen and oxygen atoms in total. The average Bonchev–Trinajstić information content (AvgIpc) is 3.32. The van der Waals surface area contributed by atoms with Crippen LogP contribution in [0.3, 0.4) is 0 Å². The molecule has 3 aromatic heterocycles. The molecule has 0 saturated carbocycles. The number of nitrogens with zero attached hydrogens (tertiary/aromatic N) is 5. The van der Waals surface area contributed by atoms with Gasteiger partial charge in [0, 0.05) is 16.2 Å². The number of hydrogen-bond donors (Lipinski definition) is 2. The van der Waals surface area contributed by atoms with Crippen LogP contribution in [0.5, 0.6) is 0 Å². The highest BCUT2D eigenvalue weighted by Crippen LogP contribution is 2.23. The molecule has 4 rings (SSSR count). The number of benzene rings is 1. The van der Waals surface area contributed by atoms with Gasteiger partial charge in [-0.1, -0.05) is 41.4 Å². The Kier molecular flexibility index (Phi) is 4.89. The van der Waals surface area contributed by atoms with E-state index in [1.165, 1.54) is 6.33 Å². The fourth-order valence-electron chi connectivity index (χ4n) is 2.97. The largest absolute Gasteiger partial charge is 0.360 e. The molecule has 0 aliphatic heterocycles. The minimum atomic E-state index is -0.0292. The second-order valence-electron chi connectivity index (χ2n) is 6.41. The summed E-state index contributed by atoms with van der Waals surface area (Å²) in [4.78, 5) is 16.7. The van der Waals surface area contributed by atoms with Gasteiger partial charge in [0.1, 0.15) is 18.0 Å². The van der Waals surface area contributed by atoms with Crippen molar-refractivity contribution in [2.24, 2.45) is 0 Å². The Morgan fingerprint density at radius 2 is 2.04 bits per heavy atom. The molecule has 3 heterocycles. The lowest BCUT2D eigenvalue weighted by molar-refractivity contribution is 0.782. The maximum atomic E-state index is 4.55. The Balaban J connectivity index is 1.59. The lowest BCUT2D eigenvalue weighted by Crippen LogP contribution is -2.13. The van der Waals surface area contributed by atoms with Gasteiger partial charge >= 0.3 is 0 Å². The molecule has 0 spiro atoms. The fourth-order valence-corrected chi connectivity index (χ4v) is 3.24. The van der Waals surface area contributed by atoms with Crippen LogP contribution in [0.25, 0.3) is 17.0 Å². The molecule has 0 aliphatic rings. The van der Waals surface area contributed by atoms with E-state index in [0.29, 0.717) is 5.78 Å². The number of halogens is 1. The van der Waals surface area contributed by atoms with Gasteiger partial charge in [0.15, 0.2) is 0 Å². The number of aromatic nitrogens is 6. The van der Waals surface area contributed by atoms with Gasteiger partial charge in [-0.15, -0.1) is 0 Å². The van der Waals surface area contributed by atoms with Gasteiger partial charge in [-0.25, -0.2) is 9.97 Å². The Labute approximate surface area is 165 Å². The molecule has 0 bridgehead atoms. The number of aryl methyl sites for hydroxylation is 1. The summed E-state index contributed by atoms with van der Waals surface area (Å²) in [6.07, 6.45) is 5.31. The van der Waals surface area contributed by atoms with Gasteiger partial charge in [-0.05, 0) is 31.0 Å². The molecule has 0 fully saturated rings. The fraction of sp³-hybridized carbons (Fsp3) is 0.263. The van der Waals surface area contributed by atoms with Crippen LogP contribution >= 0.6 is 15.9 Å². The van der Waals surface area contributed by atoms with Crippen LogP contribution < -0.4 is 5.32 Å². The maximum Gasteiger partial charge on any atom is 0.254 e. The van der Waals surface area contributed by atoms with E-state index in [-0.39, 0.29) is 6.04 Å². The first-order valence-electron chi connectivity index (χ1n) is 8.91. The van der Waals surface area contributed by atoms with Crippen LogP contribution in [0.2, 0.25) is 0 Å². The summed E-state index contributed by atoms with van der Waals surface area (Å²) in [5.41, 5.74) is 3.08. The summed E-state index contributed by atoms with van der Waals surface area (Å²) in [5.74, 6) is 2.32. The van der Waals surface area contributed by atoms with E-state index in [1.807, 2.05) is 24.4 Å². The SMILES string of the molecule is CCCc1cc(N[C@@H](C)c2ncc(-c3ccc(Br)cc3)[nH]2)n2ncnc2n1. The Morgan fingerprint density at radius 1 is 1.22 bits per heavy atom. The molecule has 0 aliphatic carbocycles. The van der Waals surface area contributed by atoms with Crippen LogP contribution in [-0.4, -0.2) is 29.5 Å². The molecule has 0 saturated heterocycles. The number of fused-ring (bicyclic) bond motifs is 1. The minimum Gasteiger partial charge on any atom is -0.360 e. The molecule has 1 aromatic carbocycles. The predicted octanol–water partition coefficient (Wildman–Crippen LogP) is 4.40. The van der Waals surface area contributed by atoms with E-state index >= 15 is 0 Å². The van der Waals surface area contributed by atoms with E-state index < -0.39 is 0 Å². The smallest absolute Gasteiger partial charge is 0.254 e. The van der Waals surface area contributed by atoms with E-state index in [9.17, 15) is 0 Å². The first-order valence-corrected chi connectivity index (χ1v) is 9.70. The molecular formula is C19H20BrN7. The summed E-state index contributed by atoms with van der Waals surface area (Å²) in [6.45, 7) is 4.20. The van der Waals surface area contributed by atoms with Gasteiger partial charge in [0.05, 0.1) is 17.9 Å². The van der Waals surface area contributed by atoms with Gasteiger partial charge in [0.2, 0.25) is 0 Å². The number of imidazole rings is 1. The Morgan fingerprint density at radius 3 is 2.81 bits per heavy atom. The van der Waals surface area contributed by atoms with Crippen molar-refractivity contribution in [1.29, 1.82) is 0 Å². The quantitative estimate of drug-likeness (QED) is 0.478. The Bertz CT molecular complexity index is 1050. The van der Waals surface area contributed by atoms with Crippen molar-refractivity contribution in [2.45, 2.75) is 32.7 Å². The van der Waals surface area contributed by atoms with Crippen molar-refractivity contribution < 1.29 is 0 Å². The maximum absolute atomic E-state index is 4.55. The number of aromatic amines is 1. The van der Waals surface area contributed by atoms with Crippen LogP contribution in [0.15, 0.2) is 47.3 Å². The van der Waals surface area contributed by atoms with Crippen LogP contribution in [-0.2, 0) is 6.42 Å². The first-order chi connectivity index (χ1) is 13.1. The number of rotatable bonds is 6. The highest BCUT2D eigenvalue weighted by Gasteiger charge is 2.14. The van der Waals surface area contributed by atoms with Crippen LogP contribution in [0.1, 0.15) is 37.8 Å². The summed E-state index contributed by atoms with van der Waals surface area (Å²) >= 11 is 3.46. The standard InChI is InChI=1S/C19H20BrN7/c1-3-4-15-9-17(27-19(25-15)22-11-23-27)24-12(2)18-21-10-16(26-18)13-5-7-14(20)8-6-13/h5-12,24H,3-4H2,1-2H3,(H,21,26)/t12-/m0/s1. The second-order valence-corrected chi connectivity index (χ2v) is 7.33. The highest BCUT2D eigenvalue weighted by molar-refractivity contribution is 9.10. The first kappa shape index (κ1) is 17.7. The molecule has 0 amide bonds. The van der Waals surface area contributed by atoms with E-state index in [2.05, 4.69) is 72.3 Å². The normalized spacial score (nSPS) is 12.4. The minimum absolute atomic E-state index is 0.0292. The van der Waals surface area contributed by atoms with Crippen molar-refractivity contribution in [3.8, 4) is 11.3 Å². The lowest BCUT2D eigenvalue weighted by atomic mass is 10.2. The molecule has 27 heavy (non-hydrogen) atoms. The van der Waals surface area contributed by atoms with Crippen molar-refractivity contribution >= 4 is 27.5 Å². The van der Waals surface area contributed by atoms with Crippen LogP contribution in [0.4, 0.5) is 5.82 Å². The third kappa shape index (κ3) is 3.71. The van der Waals surface area contributed by atoms with Crippen LogP contribution in [0, 0.1) is 0 Å². The zero-order valence-electron chi connectivity index (χ0n) is 15.1. The molecule has 1 atom stereocenters. The van der Waals surface area contributed by atoms with Gasteiger partial charge in [0.25, 0.3) is 5.78 Å². The number of H-pyrrole nitrogens is 1. The zero-order valence-corrected chi connectivity index (χ0v) is 16.7. The molecule has 4 aromatic rings. The van der Waals surface area contributed by atoms with E-state index in [4.69, 9.17) is 0 Å². The summed E-state index contributed by atoms with van der Waals surface area (Å²) in [6, 6.07) is 10.1. The van der Waals surface area contributed by atoms with Gasteiger partial charge < -0.3 is 10.3 Å². The predicted molar refractivity (Wildman–Crippen MR) is 109 cm³/mol. The average molecular weight is 426 g/mol. The molecule has 0 unspecified atom stereocenters. The van der Waals surface area contributed by atoms with E-state index in [1.54, 1.807) is 4.52 Å². The number of hydrogen-bond acceptors (Lipinski definition) is 5. The number of nitrogens with one attached hydrogen (secondary N) is 2. The van der Waals surface area contributed by atoms with Gasteiger partial charge in [-0.2, -0.15) is 14.6 Å². The topological polar surface area (TPSA) is 83.8 Å². The third-order valence-corrected chi connectivity index (χ3v) is 4.86. The van der Waals surface area contributed by atoms with E-state index in [0.717, 1.165) is 45.9 Å². The van der Waals surface area contributed by atoms with Gasteiger partial charge in [-0.3, -0.25) is 0 Å². The Hall–Kier alpha value is -2.74. The van der Waals surface area contributed by atoms with Crippen molar-refractivity contribution in [2.75, 3.05) is 5.32 Å². The highest BCUT2D eigenvalue weighted by atomic mass is 79.9. The molecule has 0 radical (unpaired) electrons. The molecular weight excluding hydrogens is 406 g/mol. The molecule has 8 heteroatoms. The summed E-state index contributed by atoms with van der Waals surface area (Å²) < 4.78 is 2.77. The van der Waals surface area contributed by atoms with Crippen molar-refractivity contribution in [1.82, 2.24) is 29.5 Å². The molecule has 138 valence electrons. The second kappa shape index (κ2) is 7.48. The van der Waals surface area contributed by atoms with Crippen molar-refractivity contribution in [3.63, 3.8) is 0 Å². The van der Waals surface area contributed by atoms with Crippen molar-refractivity contribution in [3.05, 3.63) is 58.8 Å². The summed E-state index contributed by atoms with van der Waals surface area (Å²) in [7, 11) is 0.